The SMILES string of the molecule is CC1(C)c2ccccc2-c2c1c1c(c3c4ccccc4n(-c4ccc(-c5nc(-c6ccccc6)c6ccccc6n5)cc4)c23)C(C)(C)c2ccccc2-1. The van der Waals surface area contributed by atoms with Crippen LogP contribution in [-0.4, -0.2) is 14.5 Å². The van der Waals surface area contributed by atoms with Gasteiger partial charge in [0, 0.05) is 49.4 Å². The Kier molecular flexibility index (Phi) is 6.07. The van der Waals surface area contributed by atoms with E-state index in [0.717, 1.165) is 39.2 Å². The van der Waals surface area contributed by atoms with Gasteiger partial charge in [-0.15, -0.1) is 0 Å². The number of para-hydroxylation sites is 2. The first-order chi connectivity index (χ1) is 25.8. The highest BCUT2D eigenvalue weighted by Crippen LogP contribution is 2.63. The third kappa shape index (κ3) is 4.00. The Bertz CT molecular complexity index is 2980. The molecule has 252 valence electrons. The molecule has 3 nitrogen and oxygen atoms in total. The third-order valence-corrected chi connectivity index (χ3v) is 12.1. The van der Waals surface area contributed by atoms with Crippen molar-refractivity contribution in [2.75, 3.05) is 0 Å². The van der Waals surface area contributed by atoms with Crippen molar-refractivity contribution in [3.05, 3.63) is 174 Å². The quantitative estimate of drug-likeness (QED) is 0.186. The number of aromatic nitrogens is 3. The molecule has 0 saturated heterocycles. The number of hydrogen-bond acceptors (Lipinski definition) is 2. The first-order valence-electron chi connectivity index (χ1n) is 18.6. The summed E-state index contributed by atoms with van der Waals surface area (Å²) in [5.74, 6) is 0.727. The molecule has 0 radical (unpaired) electrons. The molecule has 0 amide bonds. The van der Waals surface area contributed by atoms with Crippen LogP contribution in [0.4, 0.5) is 0 Å². The van der Waals surface area contributed by atoms with Crippen LogP contribution in [0.1, 0.15) is 49.9 Å². The van der Waals surface area contributed by atoms with Gasteiger partial charge < -0.3 is 4.57 Å². The van der Waals surface area contributed by atoms with E-state index < -0.39 is 0 Å². The zero-order valence-corrected chi connectivity index (χ0v) is 30.3. The van der Waals surface area contributed by atoms with Gasteiger partial charge in [-0.3, -0.25) is 0 Å². The highest BCUT2D eigenvalue weighted by Gasteiger charge is 2.47. The minimum Gasteiger partial charge on any atom is -0.309 e. The average Bonchev–Trinajstić information content (AvgIpc) is 3.75. The Morgan fingerprint density at radius 2 is 1.06 bits per heavy atom. The first kappa shape index (κ1) is 30.3. The molecule has 0 saturated carbocycles. The van der Waals surface area contributed by atoms with Crippen LogP contribution < -0.4 is 0 Å². The summed E-state index contributed by atoms with van der Waals surface area (Å²) in [6.45, 7) is 9.69. The maximum absolute atomic E-state index is 5.18. The largest absolute Gasteiger partial charge is 0.309 e. The summed E-state index contributed by atoms with van der Waals surface area (Å²) < 4.78 is 2.53. The molecule has 2 heterocycles. The summed E-state index contributed by atoms with van der Waals surface area (Å²) in [4.78, 5) is 10.2. The predicted octanol–water partition coefficient (Wildman–Crippen LogP) is 12.7. The zero-order chi connectivity index (χ0) is 35.6. The van der Waals surface area contributed by atoms with E-state index in [0.29, 0.717) is 0 Å². The van der Waals surface area contributed by atoms with Crippen molar-refractivity contribution in [1.29, 1.82) is 0 Å². The van der Waals surface area contributed by atoms with Crippen LogP contribution in [0.25, 0.3) is 83.3 Å². The third-order valence-electron chi connectivity index (χ3n) is 12.1. The summed E-state index contributed by atoms with van der Waals surface area (Å²) in [6.07, 6.45) is 0. The van der Waals surface area contributed by atoms with Gasteiger partial charge in [-0.25, -0.2) is 9.97 Å². The molecule has 2 aliphatic rings. The second-order valence-corrected chi connectivity index (χ2v) is 15.7. The minimum absolute atomic E-state index is 0.174. The summed E-state index contributed by atoms with van der Waals surface area (Å²) in [5.41, 5.74) is 18.4. The number of hydrogen-bond donors (Lipinski definition) is 0. The van der Waals surface area contributed by atoms with Gasteiger partial charge in [-0.1, -0.05) is 143 Å². The van der Waals surface area contributed by atoms with Gasteiger partial charge in [0.05, 0.1) is 22.2 Å². The highest BCUT2D eigenvalue weighted by atomic mass is 15.0. The van der Waals surface area contributed by atoms with Crippen molar-refractivity contribution in [3.63, 3.8) is 0 Å². The normalized spacial score (nSPS) is 14.7. The van der Waals surface area contributed by atoms with Gasteiger partial charge in [0.1, 0.15) is 0 Å². The fraction of sp³-hybridized carbons (Fsp3) is 0.120. The molecule has 0 spiro atoms. The van der Waals surface area contributed by atoms with Crippen LogP contribution in [-0.2, 0) is 10.8 Å². The lowest BCUT2D eigenvalue weighted by atomic mass is 9.75. The highest BCUT2D eigenvalue weighted by molar-refractivity contribution is 6.21. The van der Waals surface area contributed by atoms with Crippen molar-refractivity contribution in [1.82, 2.24) is 14.5 Å². The van der Waals surface area contributed by atoms with Gasteiger partial charge >= 0.3 is 0 Å². The lowest BCUT2D eigenvalue weighted by Crippen LogP contribution is -2.19. The molecule has 3 heteroatoms. The Morgan fingerprint density at radius 1 is 0.472 bits per heavy atom. The minimum atomic E-state index is -0.174. The molecule has 0 atom stereocenters. The molecule has 9 aromatic rings. The van der Waals surface area contributed by atoms with Gasteiger partial charge in [-0.05, 0) is 75.3 Å². The van der Waals surface area contributed by atoms with Crippen molar-refractivity contribution >= 4 is 32.7 Å². The van der Waals surface area contributed by atoms with E-state index in [1.807, 2.05) is 12.1 Å². The maximum atomic E-state index is 5.18. The summed E-state index contributed by atoms with van der Waals surface area (Å²) in [7, 11) is 0. The van der Waals surface area contributed by atoms with E-state index in [4.69, 9.17) is 9.97 Å². The molecule has 2 aromatic heterocycles. The van der Waals surface area contributed by atoms with Crippen molar-refractivity contribution in [2.24, 2.45) is 0 Å². The molecular weight excluding hydrogens is 643 g/mol. The molecule has 0 bridgehead atoms. The Hall–Kier alpha value is -6.32. The molecular formula is C50H37N3. The van der Waals surface area contributed by atoms with Crippen LogP contribution in [0.2, 0.25) is 0 Å². The smallest absolute Gasteiger partial charge is 0.160 e. The van der Waals surface area contributed by atoms with Crippen LogP contribution in [0.5, 0.6) is 0 Å². The van der Waals surface area contributed by atoms with Crippen LogP contribution in [0, 0.1) is 0 Å². The Labute approximate surface area is 309 Å². The van der Waals surface area contributed by atoms with Crippen LogP contribution in [0.3, 0.4) is 0 Å². The van der Waals surface area contributed by atoms with E-state index >= 15 is 0 Å². The zero-order valence-electron chi connectivity index (χ0n) is 30.3. The topological polar surface area (TPSA) is 30.7 Å². The van der Waals surface area contributed by atoms with Crippen molar-refractivity contribution in [3.8, 4) is 50.6 Å². The van der Waals surface area contributed by atoms with Crippen LogP contribution >= 0.6 is 0 Å². The standard InChI is InChI=1S/C50H37N3/c1-49(2)37-22-12-8-18-33(37)41-44-42(34-19-9-13-23-38(34)50(44,3)4)47-43(45(41)49)36-21-11-15-25-40(36)53(47)32-28-26-31(27-29-32)48-51-39-24-14-10-20-35(39)46(52-48)30-16-6-5-7-17-30/h5-29H,1-4H3. The summed E-state index contributed by atoms with van der Waals surface area (Å²) in [5, 5.41) is 3.70. The number of benzene rings is 7. The number of fused-ring (bicyclic) bond motifs is 13. The number of nitrogens with zero attached hydrogens (tertiary/aromatic N) is 3. The van der Waals surface area contributed by atoms with Crippen molar-refractivity contribution < 1.29 is 0 Å². The van der Waals surface area contributed by atoms with E-state index in [1.165, 1.54) is 66.3 Å². The molecule has 0 unspecified atom stereocenters. The average molecular weight is 680 g/mol. The lowest BCUT2D eigenvalue weighted by Gasteiger charge is -2.27. The van der Waals surface area contributed by atoms with Gasteiger partial charge in [0.25, 0.3) is 0 Å². The molecule has 11 rings (SSSR count). The van der Waals surface area contributed by atoms with Crippen LogP contribution in [0.15, 0.2) is 152 Å². The maximum Gasteiger partial charge on any atom is 0.160 e. The van der Waals surface area contributed by atoms with E-state index in [1.54, 1.807) is 0 Å². The van der Waals surface area contributed by atoms with Gasteiger partial charge in [0.15, 0.2) is 5.82 Å². The van der Waals surface area contributed by atoms with E-state index in [-0.39, 0.29) is 10.8 Å². The van der Waals surface area contributed by atoms with E-state index in [9.17, 15) is 0 Å². The summed E-state index contributed by atoms with van der Waals surface area (Å²) in [6, 6.07) is 54.8. The second-order valence-electron chi connectivity index (χ2n) is 15.7. The molecule has 0 N–H and O–H groups in total. The van der Waals surface area contributed by atoms with Gasteiger partial charge in [-0.2, -0.15) is 0 Å². The predicted molar refractivity (Wildman–Crippen MR) is 220 cm³/mol. The molecule has 0 fully saturated rings. The lowest BCUT2D eigenvalue weighted by molar-refractivity contribution is 0.651. The molecule has 53 heavy (non-hydrogen) atoms. The fourth-order valence-corrected chi connectivity index (χ4v) is 9.82. The molecule has 7 aromatic carbocycles. The number of rotatable bonds is 3. The molecule has 0 aliphatic heterocycles. The monoisotopic (exact) mass is 679 g/mol. The molecule has 2 aliphatic carbocycles. The Balaban J connectivity index is 1.21. The van der Waals surface area contributed by atoms with Crippen molar-refractivity contribution in [2.45, 2.75) is 38.5 Å². The first-order valence-corrected chi connectivity index (χ1v) is 18.6. The fourth-order valence-electron chi connectivity index (χ4n) is 9.82. The van der Waals surface area contributed by atoms with Gasteiger partial charge in [0.2, 0.25) is 0 Å². The second kappa shape index (κ2) is 10.6. The Morgan fingerprint density at radius 3 is 1.79 bits per heavy atom. The summed E-state index contributed by atoms with van der Waals surface area (Å²) >= 11 is 0. The van der Waals surface area contributed by atoms with E-state index in [2.05, 4.69) is 172 Å².